The van der Waals surface area contributed by atoms with Crippen LogP contribution in [0, 0.1) is 11.3 Å². The lowest BCUT2D eigenvalue weighted by Gasteiger charge is -2.31. The highest BCUT2D eigenvalue weighted by molar-refractivity contribution is 5.74. The van der Waals surface area contributed by atoms with Crippen LogP contribution in [0.5, 0.6) is 0 Å². The summed E-state index contributed by atoms with van der Waals surface area (Å²) >= 11 is 0. The van der Waals surface area contributed by atoms with Gasteiger partial charge in [-0.05, 0) is 24.5 Å². The van der Waals surface area contributed by atoms with Crippen LogP contribution in [0.15, 0.2) is 29.1 Å². The minimum Gasteiger partial charge on any atom is -0.341 e. The summed E-state index contributed by atoms with van der Waals surface area (Å²) in [4.78, 5) is 22.8. The van der Waals surface area contributed by atoms with E-state index in [2.05, 4.69) is 16.0 Å². The topological polar surface area (TPSA) is 106 Å². The normalized spacial score (nSPS) is 17.2. The van der Waals surface area contributed by atoms with E-state index in [9.17, 15) is 23.2 Å². The Kier molecular flexibility index (Phi) is 5.18. The highest BCUT2D eigenvalue weighted by atomic mass is 19.4. The summed E-state index contributed by atoms with van der Waals surface area (Å²) in [5, 5.41) is 9.43. The molecule has 162 valence electrons. The fourth-order valence-corrected chi connectivity index (χ4v) is 3.92. The van der Waals surface area contributed by atoms with Crippen molar-refractivity contribution in [3.8, 4) is 6.07 Å². The Bertz CT molecular complexity index is 1240. The van der Waals surface area contributed by atoms with E-state index in [4.69, 9.17) is 5.73 Å². The van der Waals surface area contributed by atoms with Crippen molar-refractivity contribution >= 4 is 17.1 Å². The number of hydrogen-bond donors (Lipinski definition) is 1. The van der Waals surface area contributed by atoms with Crippen molar-refractivity contribution in [3.63, 3.8) is 0 Å². The van der Waals surface area contributed by atoms with Gasteiger partial charge in [0.15, 0.2) is 11.2 Å². The summed E-state index contributed by atoms with van der Waals surface area (Å²) in [7, 11) is 1.04. The molecule has 0 unspecified atom stereocenters. The highest BCUT2D eigenvalue weighted by Crippen LogP contribution is 2.29. The van der Waals surface area contributed by atoms with Crippen LogP contribution in [0.25, 0.3) is 11.2 Å². The van der Waals surface area contributed by atoms with Crippen molar-refractivity contribution in [2.75, 3.05) is 18.0 Å². The molecule has 8 nitrogen and oxygen atoms in total. The third kappa shape index (κ3) is 3.74. The Morgan fingerprint density at radius 1 is 1.29 bits per heavy atom. The molecule has 1 aliphatic heterocycles. The van der Waals surface area contributed by atoms with E-state index in [0.717, 1.165) is 19.9 Å². The number of nitrogens with zero attached hydrogens (tertiary/aromatic N) is 6. The number of halogens is 3. The van der Waals surface area contributed by atoms with Crippen molar-refractivity contribution in [2.45, 2.75) is 31.6 Å². The van der Waals surface area contributed by atoms with E-state index >= 15 is 0 Å². The molecule has 2 aromatic heterocycles. The quantitative estimate of drug-likeness (QED) is 0.680. The molecule has 0 spiro atoms. The lowest BCUT2D eigenvalue weighted by molar-refractivity contribution is -0.147. The van der Waals surface area contributed by atoms with E-state index in [1.165, 1.54) is 0 Å². The summed E-state index contributed by atoms with van der Waals surface area (Å²) in [6.07, 6.45) is -3.18. The van der Waals surface area contributed by atoms with E-state index < -0.39 is 17.6 Å². The fourth-order valence-electron chi connectivity index (χ4n) is 3.92. The van der Waals surface area contributed by atoms with Gasteiger partial charge in [-0.15, -0.1) is 0 Å². The van der Waals surface area contributed by atoms with Gasteiger partial charge in [0, 0.05) is 26.2 Å². The van der Waals surface area contributed by atoms with E-state index in [1.807, 2.05) is 4.90 Å². The first-order chi connectivity index (χ1) is 14.7. The molecule has 1 aliphatic rings. The molecule has 3 aromatic rings. The third-order valence-electron chi connectivity index (χ3n) is 5.43. The Hall–Kier alpha value is -3.39. The van der Waals surface area contributed by atoms with Gasteiger partial charge in [0.2, 0.25) is 11.8 Å². The van der Waals surface area contributed by atoms with Gasteiger partial charge in [0.25, 0.3) is 5.56 Å². The lowest BCUT2D eigenvalue weighted by Crippen LogP contribution is -2.44. The van der Waals surface area contributed by atoms with Gasteiger partial charge >= 0.3 is 6.18 Å². The number of benzene rings is 1. The molecule has 0 amide bonds. The van der Waals surface area contributed by atoms with Crippen LogP contribution in [-0.4, -0.2) is 38.2 Å². The molecule has 11 heteroatoms. The minimum atomic E-state index is -4.80. The average Bonchev–Trinajstić information content (AvgIpc) is 3.09. The Labute approximate surface area is 175 Å². The lowest BCUT2D eigenvalue weighted by atomic mass is 10.1. The number of fused-ring (bicyclic) bond motifs is 1. The third-order valence-corrected chi connectivity index (χ3v) is 5.43. The van der Waals surface area contributed by atoms with E-state index in [-0.39, 0.29) is 23.8 Å². The second-order valence-electron chi connectivity index (χ2n) is 7.58. The molecule has 0 radical (unpaired) electrons. The van der Waals surface area contributed by atoms with Gasteiger partial charge in [0.1, 0.15) is 0 Å². The molecule has 0 saturated carbocycles. The summed E-state index contributed by atoms with van der Waals surface area (Å²) in [5.74, 6) is -0.990. The molecular weight excluding hydrogens is 411 g/mol. The number of rotatable bonds is 3. The van der Waals surface area contributed by atoms with Crippen molar-refractivity contribution in [1.29, 1.82) is 5.26 Å². The molecule has 0 bridgehead atoms. The Balaban J connectivity index is 1.96. The molecule has 2 N–H and O–H groups in total. The average molecular weight is 431 g/mol. The molecule has 1 fully saturated rings. The van der Waals surface area contributed by atoms with Crippen molar-refractivity contribution in [2.24, 2.45) is 12.8 Å². The van der Waals surface area contributed by atoms with Crippen LogP contribution in [0.2, 0.25) is 0 Å². The number of imidazole rings is 1. The van der Waals surface area contributed by atoms with Gasteiger partial charge in [0.05, 0.1) is 18.2 Å². The van der Waals surface area contributed by atoms with Crippen molar-refractivity contribution in [1.82, 2.24) is 19.1 Å². The summed E-state index contributed by atoms with van der Waals surface area (Å²) in [5.41, 5.74) is 5.93. The van der Waals surface area contributed by atoms with Gasteiger partial charge in [-0.3, -0.25) is 13.9 Å². The van der Waals surface area contributed by atoms with Crippen molar-refractivity contribution < 1.29 is 13.2 Å². The number of alkyl halides is 3. The summed E-state index contributed by atoms with van der Waals surface area (Å²) in [6, 6.07) is 8.83. The molecule has 0 aliphatic carbocycles. The second kappa shape index (κ2) is 7.70. The summed E-state index contributed by atoms with van der Waals surface area (Å²) in [6.45, 7) is 1.14. The zero-order chi connectivity index (χ0) is 22.3. The number of piperidine rings is 1. The van der Waals surface area contributed by atoms with Gasteiger partial charge in [-0.1, -0.05) is 18.2 Å². The zero-order valence-corrected chi connectivity index (χ0v) is 16.7. The Morgan fingerprint density at radius 3 is 2.71 bits per heavy atom. The standard InChI is InChI=1S/C20H20F3N7O/c1-28-17(31)15-16(26-18(28)20(21,22)23)27-19(29-8-4-7-14(25)11-29)30(15)10-13-6-3-2-5-12(13)9-24/h2-3,5-6,14H,4,7-8,10-11,25H2,1H3/t14-/m1/s1. The fraction of sp³-hybridized carbons (Fsp3) is 0.400. The van der Waals surface area contributed by atoms with Crippen molar-refractivity contribution in [3.05, 3.63) is 51.6 Å². The maximum Gasteiger partial charge on any atom is 0.449 e. The first-order valence-corrected chi connectivity index (χ1v) is 9.73. The second-order valence-corrected chi connectivity index (χ2v) is 7.58. The molecule has 3 heterocycles. The molecule has 31 heavy (non-hydrogen) atoms. The minimum absolute atomic E-state index is 0.0441. The predicted octanol–water partition coefficient (Wildman–Crippen LogP) is 2.00. The number of anilines is 1. The maximum absolute atomic E-state index is 13.4. The van der Waals surface area contributed by atoms with Gasteiger partial charge in [-0.25, -0.2) is 4.98 Å². The molecule has 4 rings (SSSR count). The summed E-state index contributed by atoms with van der Waals surface area (Å²) < 4.78 is 42.2. The molecule has 1 saturated heterocycles. The SMILES string of the molecule is Cn1c(C(F)(F)F)nc2nc(N3CCC[C@@H](N)C3)n(Cc3ccccc3C#N)c2c1=O. The van der Waals surface area contributed by atoms with Crippen LogP contribution >= 0.6 is 0 Å². The monoisotopic (exact) mass is 431 g/mol. The number of nitrogens with two attached hydrogens (primary N) is 1. The predicted molar refractivity (Wildman–Crippen MR) is 107 cm³/mol. The van der Waals surface area contributed by atoms with Gasteiger partial charge in [-0.2, -0.15) is 23.4 Å². The molecule has 1 aromatic carbocycles. The maximum atomic E-state index is 13.4. The first kappa shape index (κ1) is 20.9. The smallest absolute Gasteiger partial charge is 0.341 e. The zero-order valence-electron chi connectivity index (χ0n) is 16.7. The van der Waals surface area contributed by atoms with E-state index in [1.54, 1.807) is 28.8 Å². The van der Waals surface area contributed by atoms with E-state index in [0.29, 0.717) is 34.7 Å². The molecular formula is C20H20F3N7O. The van der Waals surface area contributed by atoms with Gasteiger partial charge < -0.3 is 10.6 Å². The largest absolute Gasteiger partial charge is 0.449 e. The first-order valence-electron chi connectivity index (χ1n) is 9.73. The van der Waals surface area contributed by atoms with Crippen LogP contribution in [0.3, 0.4) is 0 Å². The molecule has 1 atom stereocenters. The van der Waals surface area contributed by atoms with Crippen LogP contribution in [-0.2, 0) is 19.8 Å². The number of hydrogen-bond acceptors (Lipinski definition) is 6. The van der Waals surface area contributed by atoms with Crippen LogP contribution in [0.1, 0.15) is 29.8 Å². The van der Waals surface area contributed by atoms with Crippen LogP contribution < -0.4 is 16.2 Å². The Morgan fingerprint density at radius 2 is 2.03 bits per heavy atom. The van der Waals surface area contributed by atoms with Crippen LogP contribution in [0.4, 0.5) is 19.1 Å². The number of aromatic nitrogens is 4. The number of nitriles is 1. The highest BCUT2D eigenvalue weighted by Gasteiger charge is 2.37.